The van der Waals surface area contributed by atoms with E-state index in [1.54, 1.807) is 18.2 Å². The van der Waals surface area contributed by atoms with Gasteiger partial charge in [0.1, 0.15) is 0 Å². The summed E-state index contributed by atoms with van der Waals surface area (Å²) in [4.78, 5) is 22.4. The lowest BCUT2D eigenvalue weighted by Gasteiger charge is -2.34. The van der Waals surface area contributed by atoms with Gasteiger partial charge in [-0.15, -0.1) is 0 Å². The SMILES string of the molecule is CC1(C)CC=CC(=O)C1Cc1cccc([N+](=O)[O-])c1. The van der Waals surface area contributed by atoms with Crippen LogP contribution in [0, 0.1) is 21.4 Å². The summed E-state index contributed by atoms with van der Waals surface area (Å²) in [5.41, 5.74) is 0.821. The number of nitrogens with zero attached hydrogens (tertiary/aromatic N) is 1. The Morgan fingerprint density at radius 3 is 2.79 bits per heavy atom. The minimum absolute atomic E-state index is 0.0779. The van der Waals surface area contributed by atoms with E-state index in [9.17, 15) is 14.9 Å². The predicted octanol–water partition coefficient (Wildman–Crippen LogP) is 3.31. The van der Waals surface area contributed by atoms with Crippen LogP contribution in [-0.2, 0) is 11.2 Å². The highest BCUT2D eigenvalue weighted by Crippen LogP contribution is 2.37. The first kappa shape index (κ1) is 13.5. The van der Waals surface area contributed by atoms with Gasteiger partial charge in [-0.1, -0.05) is 32.1 Å². The maximum Gasteiger partial charge on any atom is 0.269 e. The summed E-state index contributed by atoms with van der Waals surface area (Å²) in [7, 11) is 0. The summed E-state index contributed by atoms with van der Waals surface area (Å²) >= 11 is 0. The van der Waals surface area contributed by atoms with Gasteiger partial charge < -0.3 is 0 Å². The van der Waals surface area contributed by atoms with E-state index >= 15 is 0 Å². The lowest BCUT2D eigenvalue weighted by Crippen LogP contribution is -2.34. The highest BCUT2D eigenvalue weighted by atomic mass is 16.6. The molecule has 0 fully saturated rings. The Morgan fingerprint density at radius 1 is 1.42 bits per heavy atom. The van der Waals surface area contributed by atoms with Gasteiger partial charge in [-0.25, -0.2) is 0 Å². The molecule has 0 amide bonds. The number of hydrogen-bond acceptors (Lipinski definition) is 3. The van der Waals surface area contributed by atoms with Crippen molar-refractivity contribution in [2.75, 3.05) is 0 Å². The smallest absolute Gasteiger partial charge is 0.269 e. The maximum atomic E-state index is 12.0. The molecule has 0 saturated carbocycles. The molecule has 4 heteroatoms. The largest absolute Gasteiger partial charge is 0.295 e. The van der Waals surface area contributed by atoms with Gasteiger partial charge in [0.25, 0.3) is 5.69 Å². The molecular formula is C15H17NO3. The molecule has 0 heterocycles. The van der Waals surface area contributed by atoms with Gasteiger partial charge in [0.2, 0.25) is 0 Å². The van der Waals surface area contributed by atoms with Crippen LogP contribution in [0.15, 0.2) is 36.4 Å². The van der Waals surface area contributed by atoms with Crippen molar-refractivity contribution in [1.29, 1.82) is 0 Å². The van der Waals surface area contributed by atoms with Crippen LogP contribution < -0.4 is 0 Å². The Hall–Kier alpha value is -1.97. The fourth-order valence-corrected chi connectivity index (χ4v) is 2.53. The van der Waals surface area contributed by atoms with Crippen molar-refractivity contribution in [3.05, 3.63) is 52.1 Å². The molecule has 0 bridgehead atoms. The topological polar surface area (TPSA) is 60.2 Å². The number of allylic oxidation sites excluding steroid dienone is 2. The first-order valence-corrected chi connectivity index (χ1v) is 6.34. The van der Waals surface area contributed by atoms with Gasteiger partial charge in [-0.2, -0.15) is 0 Å². The number of carbonyl (C=O) groups excluding carboxylic acids is 1. The second-order valence-corrected chi connectivity index (χ2v) is 5.68. The van der Waals surface area contributed by atoms with Crippen LogP contribution in [-0.4, -0.2) is 10.7 Å². The Morgan fingerprint density at radius 2 is 2.16 bits per heavy atom. The van der Waals surface area contributed by atoms with Crippen molar-refractivity contribution < 1.29 is 9.72 Å². The molecule has 19 heavy (non-hydrogen) atoms. The van der Waals surface area contributed by atoms with Crippen molar-refractivity contribution in [1.82, 2.24) is 0 Å². The predicted molar refractivity (Wildman–Crippen MR) is 72.8 cm³/mol. The molecule has 0 N–H and O–H groups in total. The molecule has 100 valence electrons. The second-order valence-electron chi connectivity index (χ2n) is 5.68. The lowest BCUT2D eigenvalue weighted by molar-refractivity contribution is -0.384. The molecule has 4 nitrogen and oxygen atoms in total. The molecular weight excluding hydrogens is 242 g/mol. The Bertz CT molecular complexity index is 546. The summed E-state index contributed by atoms with van der Waals surface area (Å²) in [5, 5.41) is 10.8. The second kappa shape index (κ2) is 4.96. The molecule has 1 aromatic rings. The third-order valence-corrected chi connectivity index (χ3v) is 3.77. The zero-order valence-electron chi connectivity index (χ0n) is 11.1. The summed E-state index contributed by atoms with van der Waals surface area (Å²) < 4.78 is 0. The Kier molecular flexibility index (Phi) is 3.51. The van der Waals surface area contributed by atoms with E-state index < -0.39 is 4.92 Å². The summed E-state index contributed by atoms with van der Waals surface area (Å²) in [6, 6.07) is 6.54. The van der Waals surface area contributed by atoms with E-state index in [-0.39, 0.29) is 22.8 Å². The fourth-order valence-electron chi connectivity index (χ4n) is 2.53. The van der Waals surface area contributed by atoms with Crippen LogP contribution in [0.25, 0.3) is 0 Å². The third kappa shape index (κ3) is 2.89. The number of non-ortho nitro benzene ring substituents is 1. The molecule has 1 aromatic carbocycles. The number of rotatable bonds is 3. The number of carbonyl (C=O) groups is 1. The molecule has 2 rings (SSSR count). The average molecular weight is 259 g/mol. The molecule has 1 aliphatic rings. The summed E-state index contributed by atoms with van der Waals surface area (Å²) in [6.07, 6.45) is 4.95. The first-order chi connectivity index (χ1) is 8.90. The zero-order valence-corrected chi connectivity index (χ0v) is 11.1. The number of benzene rings is 1. The van der Waals surface area contributed by atoms with E-state index in [1.165, 1.54) is 6.07 Å². The van der Waals surface area contributed by atoms with E-state index in [2.05, 4.69) is 13.8 Å². The lowest BCUT2D eigenvalue weighted by atomic mass is 9.68. The van der Waals surface area contributed by atoms with Crippen molar-refractivity contribution in [2.24, 2.45) is 11.3 Å². The monoisotopic (exact) mass is 259 g/mol. The third-order valence-electron chi connectivity index (χ3n) is 3.77. The molecule has 1 aliphatic carbocycles. The Balaban J connectivity index is 2.25. The minimum atomic E-state index is -0.406. The highest BCUT2D eigenvalue weighted by molar-refractivity contribution is 5.93. The number of ketones is 1. The number of nitro benzene ring substituents is 1. The van der Waals surface area contributed by atoms with Gasteiger partial charge in [0.15, 0.2) is 5.78 Å². The quantitative estimate of drug-likeness (QED) is 0.618. The van der Waals surface area contributed by atoms with Crippen molar-refractivity contribution in [3.63, 3.8) is 0 Å². The summed E-state index contributed by atoms with van der Waals surface area (Å²) in [6.45, 7) is 4.13. The molecule has 0 radical (unpaired) electrons. The normalized spacial score (nSPS) is 21.4. The first-order valence-electron chi connectivity index (χ1n) is 6.34. The van der Waals surface area contributed by atoms with E-state index in [0.717, 1.165) is 12.0 Å². The van der Waals surface area contributed by atoms with Crippen LogP contribution in [0.5, 0.6) is 0 Å². The molecule has 0 spiro atoms. The average Bonchev–Trinajstić information content (AvgIpc) is 2.34. The number of nitro groups is 1. The molecule has 1 atom stereocenters. The van der Waals surface area contributed by atoms with E-state index in [1.807, 2.05) is 12.1 Å². The van der Waals surface area contributed by atoms with Crippen molar-refractivity contribution in [3.8, 4) is 0 Å². The van der Waals surface area contributed by atoms with Gasteiger partial charge in [-0.05, 0) is 29.9 Å². The summed E-state index contributed by atoms with van der Waals surface area (Å²) in [5.74, 6) is 0.00209. The zero-order chi connectivity index (χ0) is 14.0. The van der Waals surface area contributed by atoms with Crippen LogP contribution >= 0.6 is 0 Å². The molecule has 0 aliphatic heterocycles. The Labute approximate surface area is 112 Å². The fraction of sp³-hybridized carbons (Fsp3) is 0.400. The molecule has 0 aromatic heterocycles. The van der Waals surface area contributed by atoms with Gasteiger partial charge in [0.05, 0.1) is 4.92 Å². The van der Waals surface area contributed by atoms with Gasteiger partial charge >= 0.3 is 0 Å². The van der Waals surface area contributed by atoms with Crippen LogP contribution in [0.4, 0.5) is 5.69 Å². The molecule has 1 unspecified atom stereocenters. The maximum absolute atomic E-state index is 12.0. The van der Waals surface area contributed by atoms with Crippen LogP contribution in [0.2, 0.25) is 0 Å². The molecule has 0 saturated heterocycles. The van der Waals surface area contributed by atoms with Crippen LogP contribution in [0.1, 0.15) is 25.8 Å². The van der Waals surface area contributed by atoms with Crippen molar-refractivity contribution >= 4 is 11.5 Å². The van der Waals surface area contributed by atoms with Crippen molar-refractivity contribution in [2.45, 2.75) is 26.7 Å². The standard InChI is InChI=1S/C15H17NO3/c1-15(2)8-4-7-14(17)13(15)10-11-5-3-6-12(9-11)16(18)19/h3-7,9,13H,8,10H2,1-2H3. The van der Waals surface area contributed by atoms with E-state index in [0.29, 0.717) is 6.42 Å². The van der Waals surface area contributed by atoms with E-state index in [4.69, 9.17) is 0 Å². The highest BCUT2D eigenvalue weighted by Gasteiger charge is 2.35. The van der Waals surface area contributed by atoms with Gasteiger partial charge in [0, 0.05) is 18.1 Å². The van der Waals surface area contributed by atoms with Gasteiger partial charge in [-0.3, -0.25) is 14.9 Å². The van der Waals surface area contributed by atoms with Crippen LogP contribution in [0.3, 0.4) is 0 Å². The minimum Gasteiger partial charge on any atom is -0.295 e. The number of hydrogen-bond donors (Lipinski definition) is 0.